The maximum atomic E-state index is 2.86. The lowest BCUT2D eigenvalue weighted by Gasteiger charge is -2.59. The average molecular weight is 860 g/mol. The largest absolute Gasteiger partial charge is 0.0901 e. The summed E-state index contributed by atoms with van der Waals surface area (Å²) < 4.78 is 0. The van der Waals surface area contributed by atoms with E-state index in [4.69, 9.17) is 0 Å². The van der Waals surface area contributed by atoms with Gasteiger partial charge in [-0.3, -0.25) is 0 Å². The van der Waals surface area contributed by atoms with Crippen LogP contribution in [0.1, 0.15) is 224 Å². The summed E-state index contributed by atoms with van der Waals surface area (Å²) in [5.41, 5.74) is 5.97. The Morgan fingerprint density at radius 3 is 1.27 bits per heavy atom. The second-order valence-corrected chi connectivity index (χ2v) is 28.7. The Bertz CT molecular complexity index is 1410. The Morgan fingerprint density at radius 1 is 0.500 bits per heavy atom. The van der Waals surface area contributed by atoms with Crippen LogP contribution in [0.3, 0.4) is 0 Å². The molecule has 342 valence electrons. The molecule has 2 heteroatoms. The van der Waals surface area contributed by atoms with Crippen LogP contribution >= 0.6 is 21.6 Å². The molecule has 6 fully saturated rings. The van der Waals surface area contributed by atoms with Crippen LogP contribution in [0.2, 0.25) is 0 Å². The second-order valence-electron chi connectivity index (χ2n) is 25.8. The summed E-state index contributed by atoms with van der Waals surface area (Å²) >= 11 is 0. The standard InChI is InChI=1S/C58H98S2/c1-13-41(37(3)4)17-15-39(7)49-23-25-51-47-21-19-43-35-45(27-31-55(43,9)53(47)29-33-57(49,51)11)59-60-46-28-32-56(10)44(36-46)20-22-48-52-26-24-50(58(52,12)34-30-54(48)56)40(8)16-18-42(14-2)38(5)6/h19-20,37-42,45-54H,13-18,21-36H2,1-12H3. The van der Waals surface area contributed by atoms with Crippen LogP contribution in [0.15, 0.2) is 23.3 Å². The Hall–Kier alpha value is 0.180. The minimum Gasteiger partial charge on any atom is -0.0901 e. The summed E-state index contributed by atoms with van der Waals surface area (Å²) in [6, 6.07) is 0. The molecule has 0 saturated heterocycles. The fourth-order valence-corrected chi connectivity index (χ4v) is 22.1. The lowest BCUT2D eigenvalue weighted by atomic mass is 9.47. The fraction of sp³-hybridized carbons (Fsp3) is 0.931. The van der Waals surface area contributed by atoms with Gasteiger partial charge in [-0.2, -0.15) is 0 Å². The van der Waals surface area contributed by atoms with Gasteiger partial charge in [0.1, 0.15) is 0 Å². The lowest BCUT2D eigenvalue weighted by molar-refractivity contribution is -0.0501. The normalized spacial score (nSPS) is 45.6. The topological polar surface area (TPSA) is 0 Å². The van der Waals surface area contributed by atoms with Crippen LogP contribution in [0.5, 0.6) is 0 Å². The maximum absolute atomic E-state index is 2.86. The molecule has 0 radical (unpaired) electrons. The first-order chi connectivity index (χ1) is 28.6. The van der Waals surface area contributed by atoms with Crippen LogP contribution in [0.25, 0.3) is 0 Å². The van der Waals surface area contributed by atoms with E-state index < -0.39 is 0 Å². The van der Waals surface area contributed by atoms with E-state index in [0.717, 1.165) is 93.4 Å². The molecular formula is C58H98S2. The summed E-state index contributed by atoms with van der Waals surface area (Å²) in [6.07, 6.45) is 37.9. The fourth-order valence-electron chi connectivity index (χ4n) is 18.9. The Morgan fingerprint density at radius 2 is 0.900 bits per heavy atom. The van der Waals surface area contributed by atoms with Crippen molar-refractivity contribution in [3.63, 3.8) is 0 Å². The highest BCUT2D eigenvalue weighted by Gasteiger charge is 2.61. The Labute approximate surface area is 382 Å². The van der Waals surface area contributed by atoms with Gasteiger partial charge in [0.25, 0.3) is 0 Å². The van der Waals surface area contributed by atoms with Crippen molar-refractivity contribution < 1.29 is 0 Å². The summed E-state index contributed by atoms with van der Waals surface area (Å²) in [7, 11) is 4.70. The van der Waals surface area contributed by atoms with E-state index in [9.17, 15) is 0 Å². The van der Waals surface area contributed by atoms with E-state index in [1.54, 1.807) is 0 Å². The quantitative estimate of drug-likeness (QED) is 0.119. The minimum atomic E-state index is 0.483. The SMILES string of the molecule is CCC(CCC(C)C1CCC2C3CC=C4CC(SSC5CCC6(C)C(=CCC7C6CCC6(C)C(C(C)CCC(CC)C(C)C)CCC76)C5)CCC4(C)C3CCC12C)C(C)C. The molecule has 0 aromatic rings. The molecule has 0 bridgehead atoms. The van der Waals surface area contributed by atoms with Crippen molar-refractivity contribution in [1.29, 1.82) is 0 Å². The van der Waals surface area contributed by atoms with Gasteiger partial charge < -0.3 is 0 Å². The van der Waals surface area contributed by atoms with Crippen LogP contribution in [0.4, 0.5) is 0 Å². The molecular weight excluding hydrogens is 761 g/mol. The van der Waals surface area contributed by atoms with Gasteiger partial charge in [0.2, 0.25) is 0 Å². The highest BCUT2D eigenvalue weighted by Crippen LogP contribution is 2.70. The maximum Gasteiger partial charge on any atom is 0.0189 e. The smallest absolute Gasteiger partial charge is 0.0189 e. The van der Waals surface area contributed by atoms with Crippen LogP contribution < -0.4 is 0 Å². The van der Waals surface area contributed by atoms with E-state index in [1.165, 1.54) is 141 Å². The van der Waals surface area contributed by atoms with Crippen molar-refractivity contribution in [3.05, 3.63) is 23.3 Å². The van der Waals surface area contributed by atoms with Gasteiger partial charge in [0.15, 0.2) is 0 Å². The average Bonchev–Trinajstić information content (AvgIpc) is 3.77. The number of fused-ring (bicyclic) bond motifs is 10. The van der Waals surface area contributed by atoms with Crippen molar-refractivity contribution >= 4 is 21.6 Å². The molecule has 0 spiro atoms. The van der Waals surface area contributed by atoms with Crippen molar-refractivity contribution in [2.24, 2.45) is 105 Å². The van der Waals surface area contributed by atoms with Gasteiger partial charge in [-0.1, -0.05) is 154 Å². The van der Waals surface area contributed by atoms with Gasteiger partial charge in [-0.05, 0) is 220 Å². The molecule has 18 unspecified atom stereocenters. The number of hydrogen-bond donors (Lipinski definition) is 0. The second kappa shape index (κ2) is 18.5. The summed E-state index contributed by atoms with van der Waals surface area (Å²) in [5.74, 6) is 13.0. The lowest BCUT2D eigenvalue weighted by Crippen LogP contribution is -2.50. The van der Waals surface area contributed by atoms with Gasteiger partial charge in [-0.25, -0.2) is 0 Å². The van der Waals surface area contributed by atoms with Gasteiger partial charge in [0.05, 0.1) is 0 Å². The third-order valence-corrected chi connectivity index (χ3v) is 26.3. The van der Waals surface area contributed by atoms with E-state index in [2.05, 4.69) is 117 Å². The highest BCUT2D eigenvalue weighted by atomic mass is 33.1. The third kappa shape index (κ3) is 8.32. The molecule has 0 aromatic heterocycles. The first-order valence-corrected chi connectivity index (χ1v) is 29.6. The molecule has 0 N–H and O–H groups in total. The zero-order valence-corrected chi connectivity index (χ0v) is 43.4. The molecule has 0 aromatic carbocycles. The number of rotatable bonds is 15. The van der Waals surface area contributed by atoms with Gasteiger partial charge in [-0.15, -0.1) is 0 Å². The van der Waals surface area contributed by atoms with E-state index in [0.29, 0.717) is 21.7 Å². The molecule has 8 aliphatic carbocycles. The first kappa shape index (κ1) is 46.7. The molecule has 18 atom stereocenters. The van der Waals surface area contributed by atoms with Crippen LogP contribution in [0, 0.1) is 105 Å². The minimum absolute atomic E-state index is 0.483. The molecule has 0 amide bonds. The molecule has 0 nitrogen and oxygen atoms in total. The van der Waals surface area contributed by atoms with Crippen molar-refractivity contribution in [3.8, 4) is 0 Å². The number of allylic oxidation sites excluding steroid dienone is 4. The van der Waals surface area contributed by atoms with Crippen LogP contribution in [-0.2, 0) is 0 Å². The van der Waals surface area contributed by atoms with Gasteiger partial charge >= 0.3 is 0 Å². The molecule has 8 rings (SSSR count). The zero-order chi connectivity index (χ0) is 42.8. The van der Waals surface area contributed by atoms with E-state index in [-0.39, 0.29) is 0 Å². The first-order valence-electron chi connectivity index (χ1n) is 27.3. The summed E-state index contributed by atoms with van der Waals surface area (Å²) in [5, 5.41) is 1.67. The molecule has 60 heavy (non-hydrogen) atoms. The van der Waals surface area contributed by atoms with Crippen molar-refractivity contribution in [2.75, 3.05) is 0 Å². The van der Waals surface area contributed by atoms with Crippen LogP contribution in [-0.4, -0.2) is 10.5 Å². The summed E-state index contributed by atoms with van der Waals surface area (Å²) in [6.45, 7) is 31.1. The molecule has 6 saturated carbocycles. The molecule has 0 heterocycles. The monoisotopic (exact) mass is 859 g/mol. The van der Waals surface area contributed by atoms with Crippen molar-refractivity contribution in [1.82, 2.24) is 0 Å². The summed E-state index contributed by atoms with van der Waals surface area (Å²) in [4.78, 5) is 0. The van der Waals surface area contributed by atoms with Gasteiger partial charge in [0, 0.05) is 10.5 Å². The predicted molar refractivity (Wildman–Crippen MR) is 267 cm³/mol. The highest BCUT2D eigenvalue weighted by molar-refractivity contribution is 8.77. The Kier molecular flexibility index (Phi) is 14.4. The number of hydrogen-bond acceptors (Lipinski definition) is 2. The van der Waals surface area contributed by atoms with E-state index in [1.807, 2.05) is 11.1 Å². The van der Waals surface area contributed by atoms with E-state index >= 15 is 0 Å². The third-order valence-electron chi connectivity index (χ3n) is 22.9. The zero-order valence-electron chi connectivity index (χ0n) is 41.8. The van der Waals surface area contributed by atoms with Crippen molar-refractivity contribution in [2.45, 2.75) is 235 Å². The molecule has 8 aliphatic rings. The predicted octanol–water partition coefficient (Wildman–Crippen LogP) is 18.5. The Balaban J connectivity index is 0.839. The molecule has 0 aliphatic heterocycles.